The number of hydrogen-bond acceptors (Lipinski definition) is 19. The van der Waals surface area contributed by atoms with Gasteiger partial charge in [-0.15, -0.1) is 0 Å². The maximum atomic E-state index is 14.7. The molecule has 488 valence electrons. The molecule has 4 rings (SSSR count). The Balaban J connectivity index is 1.57. The lowest BCUT2D eigenvalue weighted by Crippen LogP contribution is -2.61. The summed E-state index contributed by atoms with van der Waals surface area (Å²) >= 11 is 0. The standard InChI is InChI=1S/C60H83N15O15/c1-37(2)31-47(70-56(81)44(21-11-13-27-61)67-53(78)41-19-9-10-20-42(41)63)57(82)73-50(36-90-35-39-17-7-4-8-18-39)60(85)71-48(32-38-15-5-3-6-16-38)58(83)72-49(34-76)59(84)68-45(22-12-14-28-62)55(80)69-46(25-26-52(64)77)54(79)66-30-29-65-43-24-23-40(74(86)87)33-51(43)75(88)89/h3-10,15-20,23-24,33,37,44-50,65,76H,11-14,21-22,25-32,34-36,61-63H2,1-2H3,(H2,64,77)(H,66,79)(H,67,78)(H,68,84)(H,69,80)(H,70,81)(H,71,85)(H,72,83)(H,73,82). The highest BCUT2D eigenvalue weighted by Crippen LogP contribution is 2.29. The molecule has 0 saturated heterocycles. The summed E-state index contributed by atoms with van der Waals surface area (Å²) in [7, 11) is 0. The van der Waals surface area contributed by atoms with Gasteiger partial charge < -0.3 is 80.6 Å². The highest BCUT2D eigenvalue weighted by atomic mass is 16.6. The second kappa shape index (κ2) is 38.6. The summed E-state index contributed by atoms with van der Waals surface area (Å²) in [6.45, 7) is 2.27. The molecule has 0 radical (unpaired) electrons. The molecule has 30 nitrogen and oxygen atoms in total. The number of nitrogen functional groups attached to an aromatic ring is 1. The molecular formula is C60H83N15O15. The number of aliphatic hydroxyl groups excluding tert-OH is 1. The minimum Gasteiger partial charge on any atom is -0.398 e. The average Bonchev–Trinajstić information content (AvgIpc) is 2.00. The number of ether oxygens (including phenoxy) is 1. The van der Waals surface area contributed by atoms with Crippen LogP contribution < -0.4 is 70.8 Å². The van der Waals surface area contributed by atoms with Crippen molar-refractivity contribution in [3.05, 3.63) is 140 Å². The van der Waals surface area contributed by atoms with Crippen LogP contribution in [0.25, 0.3) is 0 Å². The highest BCUT2D eigenvalue weighted by molar-refractivity contribution is 6.02. The van der Waals surface area contributed by atoms with E-state index in [0.29, 0.717) is 31.4 Å². The summed E-state index contributed by atoms with van der Waals surface area (Å²) in [6, 6.07) is 16.4. The minimum atomic E-state index is -1.77. The second-order valence-electron chi connectivity index (χ2n) is 21.5. The van der Waals surface area contributed by atoms with E-state index in [1.165, 1.54) is 12.1 Å². The summed E-state index contributed by atoms with van der Waals surface area (Å²) < 4.78 is 5.98. The molecule has 4 aromatic carbocycles. The van der Waals surface area contributed by atoms with Crippen LogP contribution in [0.5, 0.6) is 0 Å². The molecule has 0 fully saturated rings. The normalized spacial score (nSPS) is 13.3. The number of amides is 9. The van der Waals surface area contributed by atoms with Crippen molar-refractivity contribution < 1.29 is 62.8 Å². The smallest absolute Gasteiger partial charge is 0.299 e. The predicted octanol–water partition coefficient (Wildman–Crippen LogP) is 0.342. The molecule has 7 unspecified atom stereocenters. The average molecular weight is 1250 g/mol. The van der Waals surface area contributed by atoms with Gasteiger partial charge >= 0.3 is 0 Å². The largest absolute Gasteiger partial charge is 0.398 e. The van der Waals surface area contributed by atoms with E-state index < -0.39 is 130 Å². The number of para-hydroxylation sites is 1. The van der Waals surface area contributed by atoms with Crippen LogP contribution in [0, 0.1) is 26.1 Å². The molecule has 90 heavy (non-hydrogen) atoms. The number of nitro benzene ring substituents is 2. The van der Waals surface area contributed by atoms with E-state index in [-0.39, 0.29) is 94.0 Å². The monoisotopic (exact) mass is 1250 g/mol. The number of aliphatic hydroxyl groups is 1. The zero-order chi connectivity index (χ0) is 66.1. The van der Waals surface area contributed by atoms with Gasteiger partial charge in [-0.3, -0.25) is 63.4 Å². The predicted molar refractivity (Wildman–Crippen MR) is 332 cm³/mol. The molecule has 0 saturated carbocycles. The van der Waals surface area contributed by atoms with Crippen molar-refractivity contribution in [1.82, 2.24) is 42.5 Å². The third-order valence-electron chi connectivity index (χ3n) is 13.9. The van der Waals surface area contributed by atoms with Crippen LogP contribution in [-0.4, -0.2) is 150 Å². The number of primary amides is 1. The van der Waals surface area contributed by atoms with Crippen LogP contribution in [0.2, 0.25) is 0 Å². The van der Waals surface area contributed by atoms with Crippen LogP contribution in [-0.2, 0) is 56.1 Å². The Labute approximate surface area is 520 Å². The Kier molecular flexibility index (Phi) is 31.2. The van der Waals surface area contributed by atoms with Gasteiger partial charge in [-0.05, 0) is 99.7 Å². The number of unbranched alkanes of at least 4 members (excludes halogenated alkanes) is 2. The topological polar surface area (TPSA) is 482 Å². The van der Waals surface area contributed by atoms with Gasteiger partial charge in [-0.1, -0.05) is 86.6 Å². The lowest BCUT2D eigenvalue weighted by Gasteiger charge is -2.28. The first kappa shape index (κ1) is 72.8. The fraction of sp³-hybridized carbons (Fsp3) is 0.450. The number of benzene rings is 4. The number of rotatable bonds is 41. The number of nitrogens with two attached hydrogens (primary N) is 4. The maximum absolute atomic E-state index is 14.7. The van der Waals surface area contributed by atoms with E-state index >= 15 is 0 Å². The van der Waals surface area contributed by atoms with Crippen molar-refractivity contribution in [2.45, 2.75) is 127 Å². The van der Waals surface area contributed by atoms with Gasteiger partial charge in [0.15, 0.2) is 0 Å². The minimum absolute atomic E-state index is 0.0159. The van der Waals surface area contributed by atoms with E-state index in [1.807, 2.05) is 13.8 Å². The zero-order valence-electron chi connectivity index (χ0n) is 50.3. The Morgan fingerprint density at radius 3 is 1.62 bits per heavy atom. The molecule has 0 bridgehead atoms. The van der Waals surface area contributed by atoms with Gasteiger partial charge in [0.25, 0.3) is 17.3 Å². The SMILES string of the molecule is CC(C)CC(NC(=O)C(CCCCN)NC(=O)c1ccccc1N)C(=O)NC(COCc1ccccc1)C(=O)NC(Cc1ccccc1)C(=O)NC(CO)C(=O)NC(CCCCN)C(=O)NC(CCC(N)=O)C(=O)NCCNc1ccc([N+](=O)[O-])cc1[N+](=O)[O-]. The van der Waals surface area contributed by atoms with Gasteiger partial charge in [0.05, 0.1) is 41.3 Å². The van der Waals surface area contributed by atoms with Gasteiger partial charge in [0, 0.05) is 37.7 Å². The molecular weight excluding hydrogens is 1170 g/mol. The molecule has 0 aliphatic heterocycles. The van der Waals surface area contributed by atoms with Crippen LogP contribution >= 0.6 is 0 Å². The number of non-ortho nitro benzene ring substituents is 1. The van der Waals surface area contributed by atoms with Gasteiger partial charge in [-0.2, -0.15) is 0 Å². The van der Waals surface area contributed by atoms with Gasteiger partial charge in [-0.25, -0.2) is 0 Å². The molecule has 0 aromatic heterocycles. The molecule has 9 amide bonds. The summed E-state index contributed by atoms with van der Waals surface area (Å²) in [4.78, 5) is 146. The number of carbonyl (C=O) groups excluding carboxylic acids is 9. The van der Waals surface area contributed by atoms with Crippen molar-refractivity contribution in [2.75, 3.05) is 50.4 Å². The quantitative estimate of drug-likeness (QED) is 0.0123. The number of hydrogen-bond donors (Lipinski definition) is 14. The molecule has 4 aromatic rings. The van der Waals surface area contributed by atoms with E-state index in [1.54, 1.807) is 72.8 Å². The van der Waals surface area contributed by atoms with Gasteiger partial charge in [0.2, 0.25) is 47.3 Å². The van der Waals surface area contributed by atoms with Crippen LogP contribution in [0.3, 0.4) is 0 Å². The molecule has 18 N–H and O–H groups in total. The Hall–Kier alpha value is -9.65. The number of nitro groups is 2. The first-order valence-electron chi connectivity index (χ1n) is 29.4. The molecule has 0 spiro atoms. The molecule has 30 heteroatoms. The molecule has 0 heterocycles. The first-order valence-corrected chi connectivity index (χ1v) is 29.4. The third kappa shape index (κ3) is 25.2. The molecule has 0 aliphatic carbocycles. The second-order valence-corrected chi connectivity index (χ2v) is 21.5. The fourth-order valence-corrected chi connectivity index (χ4v) is 9.10. The summed E-state index contributed by atoms with van der Waals surface area (Å²) in [5.41, 5.74) is 23.3. The number of carbonyl (C=O) groups is 9. The number of anilines is 2. The Morgan fingerprint density at radius 2 is 1.06 bits per heavy atom. The lowest BCUT2D eigenvalue weighted by atomic mass is 10.0. The van der Waals surface area contributed by atoms with Crippen LogP contribution in [0.15, 0.2) is 103 Å². The summed E-state index contributed by atoms with van der Waals surface area (Å²) in [6.07, 6.45) is 0.848. The van der Waals surface area contributed by atoms with E-state index in [2.05, 4.69) is 47.9 Å². The highest BCUT2D eigenvalue weighted by Gasteiger charge is 2.35. The summed E-state index contributed by atoms with van der Waals surface area (Å²) in [5.74, 6) is -7.91. The van der Waals surface area contributed by atoms with E-state index in [4.69, 9.17) is 27.7 Å². The maximum Gasteiger partial charge on any atom is 0.299 e. The fourth-order valence-electron chi connectivity index (χ4n) is 9.10. The van der Waals surface area contributed by atoms with Crippen molar-refractivity contribution >= 4 is 75.9 Å². The van der Waals surface area contributed by atoms with Crippen molar-refractivity contribution in [3.8, 4) is 0 Å². The van der Waals surface area contributed by atoms with Crippen molar-refractivity contribution in [3.63, 3.8) is 0 Å². The number of nitrogens with one attached hydrogen (secondary N) is 9. The van der Waals surface area contributed by atoms with Crippen molar-refractivity contribution in [2.24, 2.45) is 23.1 Å². The molecule has 0 aliphatic rings. The van der Waals surface area contributed by atoms with E-state index in [0.717, 1.165) is 23.8 Å². The zero-order valence-corrected chi connectivity index (χ0v) is 50.3. The Morgan fingerprint density at radius 1 is 0.556 bits per heavy atom. The third-order valence-corrected chi connectivity index (χ3v) is 13.9. The summed E-state index contributed by atoms with van der Waals surface area (Å²) in [5, 5.41) is 57.0. The van der Waals surface area contributed by atoms with E-state index in [9.17, 15) is 68.5 Å². The van der Waals surface area contributed by atoms with Crippen LogP contribution in [0.4, 0.5) is 22.7 Å². The Bertz CT molecular complexity index is 3050. The lowest BCUT2D eigenvalue weighted by molar-refractivity contribution is -0.393. The van der Waals surface area contributed by atoms with Crippen molar-refractivity contribution in [1.29, 1.82) is 0 Å². The van der Waals surface area contributed by atoms with Crippen LogP contribution in [0.1, 0.15) is 93.1 Å². The number of nitrogens with zero attached hydrogens (tertiary/aromatic N) is 2. The first-order chi connectivity index (χ1) is 43.0. The molecule has 7 atom stereocenters. The van der Waals surface area contributed by atoms with Gasteiger partial charge in [0.1, 0.15) is 48.0 Å².